The van der Waals surface area contributed by atoms with Crippen molar-refractivity contribution >= 4 is 17.2 Å². The lowest BCUT2D eigenvalue weighted by atomic mass is 10.1. The minimum Gasteiger partial charge on any atom is -0.487 e. The first-order valence-corrected chi connectivity index (χ1v) is 9.32. The summed E-state index contributed by atoms with van der Waals surface area (Å²) in [6.07, 6.45) is 3.49. The molecule has 0 radical (unpaired) electrons. The van der Waals surface area contributed by atoms with Gasteiger partial charge in [0, 0.05) is 30.5 Å². The van der Waals surface area contributed by atoms with Crippen molar-refractivity contribution in [3.63, 3.8) is 0 Å². The SMILES string of the molecule is C=C1N[C@H]2CNC[C@H]2Oc2ccc(F)cc2[C@@H](C)Nc2ccn3ncc1c3n2. The predicted molar refractivity (Wildman–Crippen MR) is 105 cm³/mol. The molecule has 2 bridgehead atoms. The molecule has 2 aliphatic heterocycles. The quantitative estimate of drug-likeness (QED) is 0.556. The van der Waals surface area contributed by atoms with Crippen LogP contribution in [0.2, 0.25) is 0 Å². The van der Waals surface area contributed by atoms with Crippen molar-refractivity contribution in [2.75, 3.05) is 18.4 Å². The summed E-state index contributed by atoms with van der Waals surface area (Å²) in [6.45, 7) is 7.59. The topological polar surface area (TPSA) is 75.5 Å². The van der Waals surface area contributed by atoms with Gasteiger partial charge in [0.25, 0.3) is 0 Å². The molecule has 5 rings (SSSR count). The third-order valence-corrected chi connectivity index (χ3v) is 5.29. The second-order valence-electron chi connectivity index (χ2n) is 7.23. The Labute approximate surface area is 161 Å². The van der Waals surface area contributed by atoms with E-state index in [-0.39, 0.29) is 24.0 Å². The van der Waals surface area contributed by atoms with E-state index >= 15 is 0 Å². The average molecular weight is 380 g/mol. The van der Waals surface area contributed by atoms with E-state index in [0.717, 1.165) is 23.4 Å². The Balaban J connectivity index is 1.64. The largest absolute Gasteiger partial charge is 0.487 e. The fraction of sp³-hybridized carbons (Fsp3) is 0.300. The Hall–Kier alpha value is -3.13. The van der Waals surface area contributed by atoms with E-state index in [1.807, 2.05) is 19.2 Å². The highest BCUT2D eigenvalue weighted by molar-refractivity contribution is 5.74. The Bertz CT molecular complexity index is 1060. The zero-order chi connectivity index (χ0) is 19.3. The number of hydrogen-bond donors (Lipinski definition) is 3. The molecule has 0 spiro atoms. The first-order chi connectivity index (χ1) is 13.6. The number of aromatic nitrogens is 3. The molecule has 28 heavy (non-hydrogen) atoms. The van der Waals surface area contributed by atoms with Crippen LogP contribution in [0.15, 0.2) is 43.2 Å². The molecule has 0 unspecified atom stereocenters. The van der Waals surface area contributed by atoms with E-state index in [0.29, 0.717) is 23.8 Å². The number of rotatable bonds is 0. The van der Waals surface area contributed by atoms with Gasteiger partial charge in [0.1, 0.15) is 23.5 Å². The highest BCUT2D eigenvalue weighted by atomic mass is 19.1. The van der Waals surface area contributed by atoms with Crippen LogP contribution in [0.25, 0.3) is 11.3 Å². The molecule has 1 fully saturated rings. The third kappa shape index (κ3) is 2.86. The molecule has 2 aromatic heterocycles. The maximum Gasteiger partial charge on any atom is 0.166 e. The summed E-state index contributed by atoms with van der Waals surface area (Å²) < 4.78 is 22.0. The minimum absolute atomic E-state index is 0.0209. The number of ether oxygens (including phenoxy) is 1. The van der Waals surface area contributed by atoms with Crippen molar-refractivity contribution < 1.29 is 9.13 Å². The molecule has 3 atom stereocenters. The van der Waals surface area contributed by atoms with E-state index < -0.39 is 0 Å². The van der Waals surface area contributed by atoms with Gasteiger partial charge < -0.3 is 20.7 Å². The van der Waals surface area contributed by atoms with E-state index in [1.54, 1.807) is 16.8 Å². The lowest BCUT2D eigenvalue weighted by Crippen LogP contribution is -2.41. The van der Waals surface area contributed by atoms with E-state index in [9.17, 15) is 4.39 Å². The lowest BCUT2D eigenvalue weighted by molar-refractivity contribution is 0.194. The third-order valence-electron chi connectivity index (χ3n) is 5.29. The Morgan fingerprint density at radius 2 is 2.14 bits per heavy atom. The Morgan fingerprint density at radius 3 is 3.04 bits per heavy atom. The van der Waals surface area contributed by atoms with Gasteiger partial charge in [-0.15, -0.1) is 0 Å². The molecule has 0 aliphatic carbocycles. The van der Waals surface area contributed by atoms with Crippen LogP contribution in [0.1, 0.15) is 24.1 Å². The molecular weight excluding hydrogens is 359 g/mol. The number of anilines is 1. The van der Waals surface area contributed by atoms with Crippen LogP contribution < -0.4 is 20.7 Å². The van der Waals surface area contributed by atoms with Gasteiger partial charge in [0.05, 0.1) is 23.8 Å². The number of nitrogens with one attached hydrogen (secondary N) is 3. The summed E-state index contributed by atoms with van der Waals surface area (Å²) >= 11 is 0. The van der Waals surface area contributed by atoms with Gasteiger partial charge in [0.15, 0.2) is 5.65 Å². The Morgan fingerprint density at radius 1 is 1.25 bits per heavy atom. The summed E-state index contributed by atoms with van der Waals surface area (Å²) in [6, 6.07) is 6.30. The van der Waals surface area contributed by atoms with Crippen molar-refractivity contribution in [3.05, 3.63) is 60.2 Å². The minimum atomic E-state index is -0.297. The summed E-state index contributed by atoms with van der Waals surface area (Å²) in [4.78, 5) is 4.70. The van der Waals surface area contributed by atoms with Crippen molar-refractivity contribution in [2.24, 2.45) is 0 Å². The molecule has 7 nitrogen and oxygen atoms in total. The van der Waals surface area contributed by atoms with Gasteiger partial charge in [-0.05, 0) is 31.2 Å². The van der Waals surface area contributed by atoms with Crippen LogP contribution in [0, 0.1) is 5.82 Å². The molecular formula is C20H21FN6O. The summed E-state index contributed by atoms with van der Waals surface area (Å²) in [5, 5.41) is 14.5. The summed E-state index contributed by atoms with van der Waals surface area (Å²) in [5.41, 5.74) is 3.04. The van der Waals surface area contributed by atoms with Gasteiger partial charge in [-0.25, -0.2) is 13.9 Å². The molecule has 144 valence electrons. The molecule has 3 N–H and O–H groups in total. The second-order valence-corrected chi connectivity index (χ2v) is 7.23. The average Bonchev–Trinajstić information content (AvgIpc) is 3.29. The van der Waals surface area contributed by atoms with Gasteiger partial charge in [-0.2, -0.15) is 5.10 Å². The smallest absolute Gasteiger partial charge is 0.166 e. The fourth-order valence-electron chi connectivity index (χ4n) is 3.81. The Kier molecular flexibility index (Phi) is 3.94. The highest BCUT2D eigenvalue weighted by Gasteiger charge is 2.31. The van der Waals surface area contributed by atoms with E-state index in [1.165, 1.54) is 12.1 Å². The van der Waals surface area contributed by atoms with E-state index in [4.69, 9.17) is 9.72 Å². The van der Waals surface area contributed by atoms with Crippen LogP contribution in [0.5, 0.6) is 5.75 Å². The van der Waals surface area contributed by atoms with E-state index in [2.05, 4.69) is 27.6 Å². The number of fused-ring (bicyclic) bond motifs is 3. The predicted octanol–water partition coefficient (Wildman–Crippen LogP) is 2.33. The standard InChI is InChI=1S/C20H21FN6O/c1-11-14-7-13(21)3-4-17(14)28-18-10-22-9-16(18)24-12(2)15-8-23-27-6-5-19(25-11)26-20(15)27/h3-8,11,16,18,22,24H,2,9-10H2,1H3,(H,25,26)/t11-,16+,18-/m1/s1. The number of hydrogen-bond acceptors (Lipinski definition) is 6. The molecule has 0 saturated carbocycles. The zero-order valence-electron chi connectivity index (χ0n) is 15.4. The lowest BCUT2D eigenvalue weighted by Gasteiger charge is -2.25. The number of halogens is 1. The molecule has 1 aromatic carbocycles. The second kappa shape index (κ2) is 6.49. The van der Waals surface area contributed by atoms with Gasteiger partial charge in [0.2, 0.25) is 0 Å². The van der Waals surface area contributed by atoms with Gasteiger partial charge in [-0.3, -0.25) is 0 Å². The zero-order valence-corrected chi connectivity index (χ0v) is 15.4. The monoisotopic (exact) mass is 380 g/mol. The van der Waals surface area contributed by atoms with Crippen molar-refractivity contribution in [1.82, 2.24) is 25.2 Å². The molecule has 1 saturated heterocycles. The first kappa shape index (κ1) is 17.0. The van der Waals surface area contributed by atoms with Crippen molar-refractivity contribution in [3.8, 4) is 5.75 Å². The molecule has 3 aromatic rings. The van der Waals surface area contributed by atoms with Crippen LogP contribution >= 0.6 is 0 Å². The van der Waals surface area contributed by atoms with Crippen LogP contribution in [0.4, 0.5) is 10.2 Å². The fourth-order valence-corrected chi connectivity index (χ4v) is 3.81. The molecule has 8 heteroatoms. The molecule has 4 heterocycles. The molecule has 0 amide bonds. The maximum atomic E-state index is 14.0. The van der Waals surface area contributed by atoms with Crippen LogP contribution in [-0.4, -0.2) is 39.8 Å². The van der Waals surface area contributed by atoms with Crippen molar-refractivity contribution in [2.45, 2.75) is 25.1 Å². The summed E-state index contributed by atoms with van der Waals surface area (Å²) in [5.74, 6) is 1.04. The summed E-state index contributed by atoms with van der Waals surface area (Å²) in [7, 11) is 0. The van der Waals surface area contributed by atoms with Gasteiger partial charge in [-0.1, -0.05) is 6.58 Å². The van der Waals surface area contributed by atoms with Gasteiger partial charge >= 0.3 is 0 Å². The molecule has 2 aliphatic rings. The number of benzene rings is 1. The van der Waals surface area contributed by atoms with Crippen molar-refractivity contribution in [1.29, 1.82) is 0 Å². The highest BCUT2D eigenvalue weighted by Crippen LogP contribution is 2.31. The van der Waals surface area contributed by atoms with Crippen LogP contribution in [-0.2, 0) is 0 Å². The maximum absolute atomic E-state index is 14.0. The van der Waals surface area contributed by atoms with Crippen LogP contribution in [0.3, 0.4) is 0 Å². The first-order valence-electron chi connectivity index (χ1n) is 9.32. The normalized spacial score (nSPS) is 24.2. The number of nitrogens with zero attached hydrogens (tertiary/aromatic N) is 3.